The summed E-state index contributed by atoms with van der Waals surface area (Å²) in [4.78, 5) is 22.9. The second kappa shape index (κ2) is 18.7. The van der Waals surface area contributed by atoms with E-state index < -0.39 is 0 Å². The molecule has 1 unspecified atom stereocenters. The van der Waals surface area contributed by atoms with E-state index in [-0.39, 0.29) is 17.9 Å². The highest BCUT2D eigenvalue weighted by atomic mass is 16.5. The zero-order chi connectivity index (χ0) is 19.5. The molecular formula is C22H42O4. The van der Waals surface area contributed by atoms with E-state index in [1.165, 1.54) is 51.4 Å². The predicted octanol–water partition coefficient (Wildman–Crippen LogP) is 6.21. The van der Waals surface area contributed by atoms with Crippen LogP contribution in [-0.4, -0.2) is 25.2 Å². The van der Waals surface area contributed by atoms with Crippen molar-refractivity contribution in [1.29, 1.82) is 0 Å². The standard InChI is InChI=1S/C22H42O4/c1-4-20(22(24)26-6-3)18-16-14-12-10-8-7-9-11-13-15-17-19-21(23)25-5-2/h20H,4-19H2,1-3H3. The number of hydrogen-bond acceptors (Lipinski definition) is 4. The summed E-state index contributed by atoms with van der Waals surface area (Å²) in [5, 5.41) is 0. The second-order valence-electron chi connectivity index (χ2n) is 7.09. The van der Waals surface area contributed by atoms with Gasteiger partial charge in [0.25, 0.3) is 0 Å². The molecule has 0 amide bonds. The molecule has 0 bridgehead atoms. The Hall–Kier alpha value is -1.06. The number of carbonyl (C=O) groups excluding carboxylic acids is 2. The lowest BCUT2D eigenvalue weighted by Crippen LogP contribution is -2.16. The summed E-state index contributed by atoms with van der Waals surface area (Å²) in [7, 11) is 0. The first kappa shape index (κ1) is 24.9. The molecule has 0 aliphatic carbocycles. The summed E-state index contributed by atoms with van der Waals surface area (Å²) in [6.45, 7) is 6.76. The molecule has 26 heavy (non-hydrogen) atoms. The lowest BCUT2D eigenvalue weighted by molar-refractivity contribution is -0.148. The van der Waals surface area contributed by atoms with Crippen LogP contribution in [0.3, 0.4) is 0 Å². The van der Waals surface area contributed by atoms with Gasteiger partial charge in [0.05, 0.1) is 19.1 Å². The highest BCUT2D eigenvalue weighted by Crippen LogP contribution is 2.17. The topological polar surface area (TPSA) is 52.6 Å². The summed E-state index contributed by atoms with van der Waals surface area (Å²) in [5.74, 6) is 0.0241. The van der Waals surface area contributed by atoms with Gasteiger partial charge in [0.1, 0.15) is 0 Å². The van der Waals surface area contributed by atoms with E-state index >= 15 is 0 Å². The second-order valence-corrected chi connectivity index (χ2v) is 7.09. The van der Waals surface area contributed by atoms with Crippen molar-refractivity contribution in [2.75, 3.05) is 13.2 Å². The number of rotatable bonds is 18. The van der Waals surface area contributed by atoms with Crippen molar-refractivity contribution >= 4 is 11.9 Å². The Labute approximate surface area is 161 Å². The van der Waals surface area contributed by atoms with Gasteiger partial charge in [-0.05, 0) is 33.1 Å². The van der Waals surface area contributed by atoms with Crippen LogP contribution < -0.4 is 0 Å². The Morgan fingerprint density at radius 3 is 1.58 bits per heavy atom. The summed E-state index contributed by atoms with van der Waals surface area (Å²) in [5.41, 5.74) is 0. The van der Waals surface area contributed by atoms with Crippen LogP contribution >= 0.6 is 0 Å². The van der Waals surface area contributed by atoms with Crippen LogP contribution in [0.2, 0.25) is 0 Å². The van der Waals surface area contributed by atoms with Crippen molar-refractivity contribution in [3.63, 3.8) is 0 Å². The summed E-state index contributed by atoms with van der Waals surface area (Å²) in [6, 6.07) is 0. The first-order chi connectivity index (χ1) is 12.7. The molecule has 0 fully saturated rings. The maximum Gasteiger partial charge on any atom is 0.308 e. The van der Waals surface area contributed by atoms with Crippen molar-refractivity contribution in [2.24, 2.45) is 5.92 Å². The van der Waals surface area contributed by atoms with Gasteiger partial charge < -0.3 is 9.47 Å². The van der Waals surface area contributed by atoms with Crippen LogP contribution in [-0.2, 0) is 19.1 Å². The third kappa shape index (κ3) is 15.2. The Kier molecular flexibility index (Phi) is 18.0. The van der Waals surface area contributed by atoms with Gasteiger partial charge in [-0.15, -0.1) is 0 Å². The summed E-state index contributed by atoms with van der Waals surface area (Å²) < 4.78 is 10.0. The zero-order valence-electron chi connectivity index (χ0n) is 17.5. The fourth-order valence-corrected chi connectivity index (χ4v) is 3.23. The number of hydrogen-bond donors (Lipinski definition) is 0. The van der Waals surface area contributed by atoms with Crippen LogP contribution in [0.5, 0.6) is 0 Å². The molecule has 0 aliphatic rings. The molecule has 0 aromatic heterocycles. The largest absolute Gasteiger partial charge is 0.466 e. The lowest BCUT2D eigenvalue weighted by atomic mass is 9.98. The van der Waals surface area contributed by atoms with Crippen molar-refractivity contribution in [3.05, 3.63) is 0 Å². The SMILES string of the molecule is CCOC(=O)CCCCCCCCCCCCCC(CC)C(=O)OCC. The monoisotopic (exact) mass is 370 g/mol. The fourth-order valence-electron chi connectivity index (χ4n) is 3.23. The average molecular weight is 371 g/mol. The first-order valence-electron chi connectivity index (χ1n) is 11.0. The summed E-state index contributed by atoms with van der Waals surface area (Å²) in [6.07, 6.45) is 15.9. The third-order valence-electron chi connectivity index (χ3n) is 4.85. The fraction of sp³-hybridized carbons (Fsp3) is 0.909. The molecule has 0 heterocycles. The van der Waals surface area contributed by atoms with E-state index in [0.717, 1.165) is 32.1 Å². The Bertz CT molecular complexity index is 341. The van der Waals surface area contributed by atoms with E-state index in [9.17, 15) is 9.59 Å². The Morgan fingerprint density at radius 1 is 0.654 bits per heavy atom. The van der Waals surface area contributed by atoms with Crippen molar-refractivity contribution in [3.8, 4) is 0 Å². The molecule has 4 heteroatoms. The van der Waals surface area contributed by atoms with Crippen LogP contribution in [0.1, 0.15) is 111 Å². The van der Waals surface area contributed by atoms with E-state index in [0.29, 0.717) is 19.6 Å². The van der Waals surface area contributed by atoms with E-state index in [2.05, 4.69) is 6.92 Å². The third-order valence-corrected chi connectivity index (χ3v) is 4.85. The van der Waals surface area contributed by atoms with Crippen LogP contribution in [0, 0.1) is 5.92 Å². The molecule has 0 aromatic carbocycles. The zero-order valence-corrected chi connectivity index (χ0v) is 17.5. The van der Waals surface area contributed by atoms with Gasteiger partial charge in [0.2, 0.25) is 0 Å². The van der Waals surface area contributed by atoms with Gasteiger partial charge >= 0.3 is 11.9 Å². The number of carbonyl (C=O) groups is 2. The molecule has 0 radical (unpaired) electrons. The molecule has 0 N–H and O–H groups in total. The smallest absolute Gasteiger partial charge is 0.308 e. The highest BCUT2D eigenvalue weighted by molar-refractivity contribution is 5.72. The van der Waals surface area contributed by atoms with Crippen molar-refractivity contribution < 1.29 is 19.1 Å². The minimum atomic E-state index is -0.0555. The molecule has 0 saturated carbocycles. The first-order valence-corrected chi connectivity index (χ1v) is 11.0. The molecular weight excluding hydrogens is 328 g/mol. The van der Waals surface area contributed by atoms with E-state index in [1.54, 1.807) is 0 Å². The minimum absolute atomic E-state index is 0.0164. The minimum Gasteiger partial charge on any atom is -0.466 e. The molecule has 0 saturated heterocycles. The van der Waals surface area contributed by atoms with Crippen molar-refractivity contribution in [1.82, 2.24) is 0 Å². The van der Waals surface area contributed by atoms with Gasteiger partial charge in [-0.1, -0.05) is 71.1 Å². The molecule has 4 nitrogen and oxygen atoms in total. The van der Waals surface area contributed by atoms with Crippen molar-refractivity contribution in [2.45, 2.75) is 111 Å². The van der Waals surface area contributed by atoms with Crippen LogP contribution in [0.25, 0.3) is 0 Å². The van der Waals surface area contributed by atoms with E-state index in [1.807, 2.05) is 13.8 Å². The molecule has 1 atom stereocenters. The molecule has 0 rings (SSSR count). The highest BCUT2D eigenvalue weighted by Gasteiger charge is 2.16. The Morgan fingerprint density at radius 2 is 1.12 bits per heavy atom. The number of unbranched alkanes of at least 4 members (excludes halogenated alkanes) is 10. The number of ether oxygens (including phenoxy) is 2. The number of esters is 2. The average Bonchev–Trinajstić information content (AvgIpc) is 2.62. The van der Waals surface area contributed by atoms with Gasteiger partial charge in [-0.2, -0.15) is 0 Å². The van der Waals surface area contributed by atoms with Gasteiger partial charge in [0.15, 0.2) is 0 Å². The van der Waals surface area contributed by atoms with Crippen LogP contribution in [0.4, 0.5) is 0 Å². The van der Waals surface area contributed by atoms with Gasteiger partial charge in [-0.25, -0.2) is 0 Å². The predicted molar refractivity (Wildman–Crippen MR) is 107 cm³/mol. The molecule has 0 spiro atoms. The lowest BCUT2D eigenvalue weighted by Gasteiger charge is -2.13. The van der Waals surface area contributed by atoms with Gasteiger partial charge in [0, 0.05) is 6.42 Å². The summed E-state index contributed by atoms with van der Waals surface area (Å²) >= 11 is 0. The Balaban J connectivity index is 3.31. The molecule has 154 valence electrons. The quantitative estimate of drug-likeness (QED) is 0.212. The molecule has 0 aliphatic heterocycles. The molecule has 0 aromatic rings. The van der Waals surface area contributed by atoms with Crippen LogP contribution in [0.15, 0.2) is 0 Å². The maximum atomic E-state index is 11.7. The van der Waals surface area contributed by atoms with Gasteiger partial charge in [-0.3, -0.25) is 9.59 Å². The maximum absolute atomic E-state index is 11.7. The normalized spacial score (nSPS) is 12.0. The van der Waals surface area contributed by atoms with E-state index in [4.69, 9.17) is 9.47 Å².